The van der Waals surface area contributed by atoms with E-state index in [0.29, 0.717) is 6.42 Å². The molecule has 0 bridgehead atoms. The van der Waals surface area contributed by atoms with Crippen molar-refractivity contribution in [2.24, 2.45) is 5.41 Å². The first-order valence-electron chi connectivity index (χ1n) is 4.94. The van der Waals surface area contributed by atoms with Gasteiger partial charge in [0.05, 0.1) is 6.42 Å². The van der Waals surface area contributed by atoms with Crippen LogP contribution in [0.4, 0.5) is 0 Å². The molecule has 1 saturated heterocycles. The highest BCUT2D eigenvalue weighted by Crippen LogP contribution is 2.70. The summed E-state index contributed by atoms with van der Waals surface area (Å²) >= 11 is 0. The Morgan fingerprint density at radius 3 is 2.57 bits per heavy atom. The molecule has 1 aromatic carbocycles. The largest absolute Gasteiger partial charge is 0.454 e. The van der Waals surface area contributed by atoms with Crippen molar-refractivity contribution in [2.45, 2.75) is 25.4 Å². The van der Waals surface area contributed by atoms with E-state index in [2.05, 4.69) is 6.92 Å². The molecule has 1 aromatic rings. The molecule has 2 heteroatoms. The summed E-state index contributed by atoms with van der Waals surface area (Å²) < 4.78 is 5.47. The van der Waals surface area contributed by atoms with Crippen molar-refractivity contribution in [1.29, 1.82) is 0 Å². The molecule has 72 valence electrons. The van der Waals surface area contributed by atoms with Crippen LogP contribution in [0.1, 0.15) is 25.3 Å². The molecule has 1 saturated carbocycles. The third kappa shape index (κ3) is 0.788. The number of hydrogen-bond acceptors (Lipinski definition) is 2. The predicted octanol–water partition coefficient (Wildman–Crippen LogP) is 2.24. The molecule has 3 rings (SSSR count). The summed E-state index contributed by atoms with van der Waals surface area (Å²) in [7, 11) is 0. The summed E-state index contributed by atoms with van der Waals surface area (Å²) in [6.07, 6.45) is 1.55. The van der Waals surface area contributed by atoms with Gasteiger partial charge in [0.1, 0.15) is 5.60 Å². The minimum absolute atomic E-state index is 0.0531. The lowest BCUT2D eigenvalue weighted by molar-refractivity contribution is -0.145. The second-order valence-corrected chi connectivity index (χ2v) is 4.58. The summed E-state index contributed by atoms with van der Waals surface area (Å²) in [5, 5.41) is 0. The highest BCUT2D eigenvalue weighted by molar-refractivity contribution is 5.77. The van der Waals surface area contributed by atoms with Crippen LogP contribution < -0.4 is 0 Å². The summed E-state index contributed by atoms with van der Waals surface area (Å²) in [6, 6.07) is 10.1. The fourth-order valence-electron chi connectivity index (χ4n) is 2.64. The van der Waals surface area contributed by atoms with Crippen molar-refractivity contribution >= 4 is 5.97 Å². The van der Waals surface area contributed by atoms with Crippen molar-refractivity contribution in [2.75, 3.05) is 0 Å². The molecule has 0 unspecified atom stereocenters. The minimum atomic E-state index is -0.286. The molecular formula is C12H12O2. The van der Waals surface area contributed by atoms with Gasteiger partial charge < -0.3 is 4.74 Å². The topological polar surface area (TPSA) is 26.3 Å². The van der Waals surface area contributed by atoms with Gasteiger partial charge in [-0.25, -0.2) is 0 Å². The highest BCUT2D eigenvalue weighted by atomic mass is 16.6. The maximum Gasteiger partial charge on any atom is 0.307 e. The van der Waals surface area contributed by atoms with Crippen LogP contribution in [0.25, 0.3) is 0 Å². The lowest BCUT2D eigenvalue weighted by Crippen LogP contribution is -2.13. The standard InChI is InChI=1S/C12H12O2/c1-11-7-10(13)14-12(11,8-11)9-5-3-2-4-6-9/h2-6H,7-8H2,1H3/t11-,12-/m0/s1. The molecule has 14 heavy (non-hydrogen) atoms. The van der Waals surface area contributed by atoms with Gasteiger partial charge in [0.2, 0.25) is 0 Å². The number of benzene rings is 1. The van der Waals surface area contributed by atoms with Crippen LogP contribution in [0.5, 0.6) is 0 Å². The van der Waals surface area contributed by atoms with E-state index in [4.69, 9.17) is 4.74 Å². The van der Waals surface area contributed by atoms with Crippen LogP contribution in [0.3, 0.4) is 0 Å². The molecule has 0 amide bonds. The van der Waals surface area contributed by atoms with Crippen LogP contribution in [-0.2, 0) is 15.1 Å². The van der Waals surface area contributed by atoms with E-state index >= 15 is 0 Å². The zero-order valence-electron chi connectivity index (χ0n) is 8.12. The number of hydrogen-bond donors (Lipinski definition) is 0. The van der Waals surface area contributed by atoms with Gasteiger partial charge in [-0.3, -0.25) is 4.79 Å². The van der Waals surface area contributed by atoms with E-state index in [1.165, 1.54) is 0 Å². The molecule has 0 N–H and O–H groups in total. The summed E-state index contributed by atoms with van der Waals surface area (Å²) in [4.78, 5) is 11.2. The average molecular weight is 188 g/mol. The lowest BCUT2D eigenvalue weighted by Gasteiger charge is -2.14. The Balaban J connectivity index is 2.05. The first kappa shape index (κ1) is 8.04. The van der Waals surface area contributed by atoms with Crippen molar-refractivity contribution in [3.63, 3.8) is 0 Å². The van der Waals surface area contributed by atoms with Crippen LogP contribution in [0, 0.1) is 5.41 Å². The molecule has 2 aliphatic rings. The van der Waals surface area contributed by atoms with Gasteiger partial charge in [0, 0.05) is 11.8 Å². The normalized spacial score (nSPS) is 39.1. The fraction of sp³-hybridized carbons (Fsp3) is 0.417. The molecule has 2 nitrogen and oxygen atoms in total. The first-order valence-corrected chi connectivity index (χ1v) is 4.94. The molecule has 2 fully saturated rings. The number of esters is 1. The van der Waals surface area contributed by atoms with Gasteiger partial charge in [-0.1, -0.05) is 37.3 Å². The van der Waals surface area contributed by atoms with E-state index in [9.17, 15) is 4.79 Å². The number of fused-ring (bicyclic) bond motifs is 1. The Kier molecular flexibility index (Phi) is 1.26. The number of carbonyl (C=O) groups excluding carboxylic acids is 1. The number of ether oxygens (including phenoxy) is 1. The molecular weight excluding hydrogens is 176 g/mol. The Morgan fingerprint density at radius 2 is 2.00 bits per heavy atom. The van der Waals surface area contributed by atoms with E-state index in [1.807, 2.05) is 30.3 Å². The van der Waals surface area contributed by atoms with Crippen LogP contribution in [-0.4, -0.2) is 5.97 Å². The van der Waals surface area contributed by atoms with Gasteiger partial charge in [-0.2, -0.15) is 0 Å². The smallest absolute Gasteiger partial charge is 0.307 e. The Hall–Kier alpha value is -1.31. The van der Waals surface area contributed by atoms with Gasteiger partial charge in [-0.15, -0.1) is 0 Å². The van der Waals surface area contributed by atoms with Gasteiger partial charge >= 0.3 is 5.97 Å². The number of carbonyl (C=O) groups is 1. The monoisotopic (exact) mass is 188 g/mol. The van der Waals surface area contributed by atoms with E-state index < -0.39 is 0 Å². The molecule has 0 spiro atoms. The third-order valence-electron chi connectivity index (χ3n) is 3.55. The number of rotatable bonds is 1. The van der Waals surface area contributed by atoms with Crippen LogP contribution in [0.15, 0.2) is 30.3 Å². The van der Waals surface area contributed by atoms with Crippen molar-refractivity contribution in [3.8, 4) is 0 Å². The van der Waals surface area contributed by atoms with Gasteiger partial charge in [0.15, 0.2) is 0 Å². The van der Waals surface area contributed by atoms with Crippen molar-refractivity contribution in [1.82, 2.24) is 0 Å². The lowest BCUT2D eigenvalue weighted by atomic mass is 9.97. The Bertz CT molecular complexity index is 398. The SMILES string of the molecule is C[C@@]12CC(=O)O[C@]1(c1ccccc1)C2. The predicted molar refractivity (Wildman–Crippen MR) is 51.6 cm³/mol. The van der Waals surface area contributed by atoms with E-state index in [0.717, 1.165) is 12.0 Å². The first-order chi connectivity index (χ1) is 6.66. The Morgan fingerprint density at radius 1 is 1.29 bits per heavy atom. The highest BCUT2D eigenvalue weighted by Gasteiger charge is 2.73. The maximum absolute atomic E-state index is 11.2. The van der Waals surface area contributed by atoms with E-state index in [-0.39, 0.29) is 17.0 Å². The van der Waals surface area contributed by atoms with Crippen molar-refractivity contribution < 1.29 is 9.53 Å². The molecule has 2 atom stereocenters. The summed E-state index contributed by atoms with van der Waals surface area (Å²) in [5.41, 5.74) is 0.921. The zero-order valence-corrected chi connectivity index (χ0v) is 8.12. The third-order valence-corrected chi connectivity index (χ3v) is 3.55. The summed E-state index contributed by atoms with van der Waals surface area (Å²) in [6.45, 7) is 2.13. The van der Waals surface area contributed by atoms with E-state index in [1.54, 1.807) is 0 Å². The molecule has 1 heterocycles. The fourth-order valence-corrected chi connectivity index (χ4v) is 2.64. The van der Waals surface area contributed by atoms with Crippen LogP contribution in [0.2, 0.25) is 0 Å². The van der Waals surface area contributed by atoms with Gasteiger partial charge in [-0.05, 0) is 5.56 Å². The van der Waals surface area contributed by atoms with Gasteiger partial charge in [0.25, 0.3) is 0 Å². The maximum atomic E-state index is 11.2. The average Bonchev–Trinajstić information content (AvgIpc) is 2.64. The quantitative estimate of drug-likeness (QED) is 0.632. The van der Waals surface area contributed by atoms with Crippen LogP contribution >= 0.6 is 0 Å². The second-order valence-electron chi connectivity index (χ2n) is 4.58. The van der Waals surface area contributed by atoms with Crippen molar-refractivity contribution in [3.05, 3.63) is 35.9 Å². The molecule has 0 radical (unpaired) electrons. The zero-order chi connectivity index (χ0) is 9.81. The second kappa shape index (κ2) is 2.19. The Labute approximate surface area is 82.9 Å². The molecule has 0 aromatic heterocycles. The minimum Gasteiger partial charge on any atom is -0.454 e. The summed E-state index contributed by atoms with van der Waals surface area (Å²) in [5.74, 6) is -0.0531. The molecule has 1 aliphatic heterocycles. The molecule has 1 aliphatic carbocycles.